The highest BCUT2D eigenvalue weighted by atomic mass is 19.1. The van der Waals surface area contributed by atoms with Crippen molar-refractivity contribution in [3.8, 4) is 16.9 Å². The molecule has 4 N–H and O–H groups in total. The predicted octanol–water partition coefficient (Wildman–Crippen LogP) is 3.12. The summed E-state index contributed by atoms with van der Waals surface area (Å²) >= 11 is 0. The number of hydrogen-bond acceptors (Lipinski definition) is 6. The number of nitrogens with one attached hydrogen (secondary N) is 2. The zero-order valence-corrected chi connectivity index (χ0v) is 21.4. The number of ether oxygens (including phenoxy) is 1. The highest BCUT2D eigenvalue weighted by Crippen LogP contribution is 2.42. The third kappa shape index (κ3) is 6.19. The van der Waals surface area contributed by atoms with Gasteiger partial charge >= 0.3 is 0 Å². The molecule has 202 valence electrons. The number of allylic oxidation sites excluding steroid dienone is 1. The Labute approximate surface area is 220 Å². The first-order chi connectivity index (χ1) is 18.4. The molecule has 0 aromatic heterocycles. The number of piperidine rings is 1. The molecule has 38 heavy (non-hydrogen) atoms. The zero-order chi connectivity index (χ0) is 27.1. The molecule has 0 bridgehead atoms. The van der Waals surface area contributed by atoms with E-state index in [2.05, 4.69) is 15.6 Å². The monoisotopic (exact) mass is 525 g/mol. The highest BCUT2D eigenvalue weighted by Gasteiger charge is 2.53. The minimum absolute atomic E-state index is 0.0703. The van der Waals surface area contributed by atoms with Crippen LogP contribution in [0, 0.1) is 17.6 Å². The van der Waals surface area contributed by atoms with Crippen molar-refractivity contribution in [3.05, 3.63) is 65.9 Å². The van der Waals surface area contributed by atoms with Crippen LogP contribution in [0.2, 0.25) is 0 Å². The number of benzene rings is 2. The second-order valence-electron chi connectivity index (χ2n) is 9.57. The molecule has 8 nitrogen and oxygen atoms in total. The van der Waals surface area contributed by atoms with Crippen molar-refractivity contribution in [2.24, 2.45) is 16.6 Å². The van der Waals surface area contributed by atoms with Gasteiger partial charge in [-0.05, 0) is 56.0 Å². The van der Waals surface area contributed by atoms with Crippen LogP contribution < -0.4 is 21.1 Å². The standard InChI is InChI=1S/C22H21F2N3O2.C6H12N2O/c1-29-20-17(4-2-5-18(20)23)15-6-7-16(19(24)12-15)13-26-21(28)22(8-9-22)27-11-3-10-25-14-27;7-6(9)5-2-1-3-8-4-5/h2-7,10-12H,8-9,13-14H2,1H3,(H,26,28);5,8H,1-4H2,(H2,7,9). The lowest BCUT2D eigenvalue weighted by atomic mass is 9.99. The second kappa shape index (κ2) is 12.2. The van der Waals surface area contributed by atoms with E-state index in [1.165, 1.54) is 19.2 Å². The second-order valence-corrected chi connectivity index (χ2v) is 9.57. The first kappa shape index (κ1) is 27.3. The summed E-state index contributed by atoms with van der Waals surface area (Å²) in [4.78, 5) is 29.3. The summed E-state index contributed by atoms with van der Waals surface area (Å²) in [5, 5.41) is 5.96. The van der Waals surface area contributed by atoms with Gasteiger partial charge in [0.05, 0.1) is 13.0 Å². The first-order valence-corrected chi connectivity index (χ1v) is 12.7. The van der Waals surface area contributed by atoms with Crippen LogP contribution in [0.3, 0.4) is 0 Å². The Bertz CT molecular complexity index is 1220. The first-order valence-electron chi connectivity index (χ1n) is 12.7. The molecule has 1 atom stereocenters. The molecular weight excluding hydrogens is 492 g/mol. The van der Waals surface area contributed by atoms with Crippen LogP contribution in [-0.4, -0.2) is 55.3 Å². The van der Waals surface area contributed by atoms with Crippen LogP contribution in [0.5, 0.6) is 5.75 Å². The maximum absolute atomic E-state index is 14.7. The third-order valence-electron chi connectivity index (χ3n) is 7.06. The minimum atomic E-state index is -0.584. The maximum atomic E-state index is 14.7. The zero-order valence-electron chi connectivity index (χ0n) is 21.4. The van der Waals surface area contributed by atoms with E-state index >= 15 is 0 Å². The van der Waals surface area contributed by atoms with Gasteiger partial charge in [0.15, 0.2) is 11.6 Å². The van der Waals surface area contributed by atoms with Crippen molar-refractivity contribution < 1.29 is 23.1 Å². The average Bonchev–Trinajstić information content (AvgIpc) is 3.76. The minimum Gasteiger partial charge on any atom is -0.493 e. The fraction of sp³-hybridized carbons (Fsp3) is 0.393. The molecule has 5 rings (SSSR count). The van der Waals surface area contributed by atoms with E-state index in [0.29, 0.717) is 23.4 Å². The van der Waals surface area contributed by atoms with Crippen molar-refractivity contribution >= 4 is 18.0 Å². The molecule has 2 aliphatic heterocycles. The van der Waals surface area contributed by atoms with Gasteiger partial charge in [-0.15, -0.1) is 0 Å². The van der Waals surface area contributed by atoms with E-state index < -0.39 is 17.2 Å². The number of rotatable bonds is 7. The number of nitrogens with zero attached hydrogens (tertiary/aromatic N) is 2. The van der Waals surface area contributed by atoms with Crippen LogP contribution in [0.25, 0.3) is 11.1 Å². The maximum Gasteiger partial charge on any atom is 0.246 e. The summed E-state index contributed by atoms with van der Waals surface area (Å²) in [5.74, 6) is -1.12. The number of methoxy groups -OCH3 is 1. The lowest BCUT2D eigenvalue weighted by Crippen LogP contribution is -2.47. The molecule has 2 amide bonds. The number of carbonyl (C=O) groups excluding carboxylic acids is 2. The van der Waals surface area contributed by atoms with Gasteiger partial charge in [0.1, 0.15) is 18.0 Å². The molecule has 0 radical (unpaired) electrons. The van der Waals surface area contributed by atoms with Crippen molar-refractivity contribution in [1.82, 2.24) is 15.5 Å². The molecule has 0 spiro atoms. The lowest BCUT2D eigenvalue weighted by Gasteiger charge is -2.29. The van der Waals surface area contributed by atoms with E-state index in [1.54, 1.807) is 36.6 Å². The van der Waals surface area contributed by atoms with E-state index in [0.717, 1.165) is 38.8 Å². The normalized spacial score (nSPS) is 19.2. The smallest absolute Gasteiger partial charge is 0.246 e. The summed E-state index contributed by atoms with van der Waals surface area (Å²) in [5.41, 5.74) is 5.84. The molecule has 1 unspecified atom stereocenters. The van der Waals surface area contributed by atoms with Crippen LogP contribution in [0.4, 0.5) is 8.78 Å². The summed E-state index contributed by atoms with van der Waals surface area (Å²) in [7, 11) is 1.37. The Morgan fingerprint density at radius 2 is 2.05 bits per heavy atom. The molecule has 1 aliphatic carbocycles. The van der Waals surface area contributed by atoms with Crippen LogP contribution in [-0.2, 0) is 16.1 Å². The van der Waals surface area contributed by atoms with Gasteiger partial charge < -0.3 is 26.0 Å². The van der Waals surface area contributed by atoms with Gasteiger partial charge in [-0.25, -0.2) is 8.78 Å². The quantitative estimate of drug-likeness (QED) is 0.515. The van der Waals surface area contributed by atoms with Crippen molar-refractivity contribution in [3.63, 3.8) is 0 Å². The van der Waals surface area contributed by atoms with Crippen molar-refractivity contribution in [2.75, 3.05) is 26.9 Å². The van der Waals surface area contributed by atoms with Crippen molar-refractivity contribution in [2.45, 2.75) is 37.8 Å². The fourth-order valence-electron chi connectivity index (χ4n) is 4.66. The number of nitrogens with two attached hydrogens (primary N) is 1. The average molecular weight is 526 g/mol. The predicted molar refractivity (Wildman–Crippen MR) is 141 cm³/mol. The molecule has 2 heterocycles. The Kier molecular flexibility index (Phi) is 8.73. The molecular formula is C28H33F2N5O3. The van der Waals surface area contributed by atoms with Gasteiger partial charge in [-0.3, -0.25) is 14.6 Å². The van der Waals surface area contributed by atoms with Crippen LogP contribution in [0.15, 0.2) is 53.7 Å². The highest BCUT2D eigenvalue weighted by molar-refractivity contribution is 5.90. The van der Waals surface area contributed by atoms with Crippen molar-refractivity contribution in [1.29, 1.82) is 0 Å². The van der Waals surface area contributed by atoms with Crippen LogP contribution in [0.1, 0.15) is 31.2 Å². The van der Waals surface area contributed by atoms with Gasteiger partial charge in [0.2, 0.25) is 11.8 Å². The number of carbonyl (C=O) groups is 2. The van der Waals surface area contributed by atoms with E-state index in [4.69, 9.17) is 10.5 Å². The summed E-state index contributed by atoms with van der Waals surface area (Å²) in [6.07, 6.45) is 8.90. The number of primary amides is 1. The molecule has 2 aromatic carbocycles. The summed E-state index contributed by atoms with van der Waals surface area (Å²) in [6.45, 7) is 2.33. The largest absolute Gasteiger partial charge is 0.493 e. The molecule has 2 aromatic rings. The Balaban J connectivity index is 0.000000317. The summed E-state index contributed by atoms with van der Waals surface area (Å²) in [6, 6.07) is 9.13. The molecule has 3 aliphatic rings. The lowest BCUT2D eigenvalue weighted by molar-refractivity contribution is -0.127. The van der Waals surface area contributed by atoms with Gasteiger partial charge in [-0.2, -0.15) is 0 Å². The third-order valence-corrected chi connectivity index (χ3v) is 7.06. The number of halogens is 2. The molecule has 10 heteroatoms. The fourth-order valence-corrected chi connectivity index (χ4v) is 4.66. The SMILES string of the molecule is COc1c(F)cccc1-c1ccc(CNC(=O)C2(N3C=CC=NC3)CC2)c(F)c1.NC(=O)C1CCCNC1. The summed E-state index contributed by atoms with van der Waals surface area (Å²) < 4.78 is 33.7. The number of para-hydroxylation sites is 1. The van der Waals surface area contributed by atoms with Crippen LogP contribution >= 0.6 is 0 Å². The number of hydrogen-bond donors (Lipinski definition) is 3. The molecule has 1 saturated heterocycles. The van der Waals surface area contributed by atoms with Gasteiger partial charge in [0, 0.05) is 36.6 Å². The molecule has 2 fully saturated rings. The Morgan fingerprint density at radius 1 is 1.24 bits per heavy atom. The van der Waals surface area contributed by atoms with E-state index in [-0.39, 0.29) is 30.0 Å². The number of amides is 2. The van der Waals surface area contributed by atoms with Gasteiger partial charge in [-0.1, -0.05) is 24.3 Å². The Hall–Kier alpha value is -3.79. The topological polar surface area (TPSA) is 109 Å². The number of aliphatic imine (C=N–C) groups is 1. The Morgan fingerprint density at radius 3 is 2.63 bits per heavy atom. The van der Waals surface area contributed by atoms with Gasteiger partial charge in [0.25, 0.3) is 0 Å². The van der Waals surface area contributed by atoms with E-state index in [9.17, 15) is 18.4 Å². The molecule has 1 saturated carbocycles. The van der Waals surface area contributed by atoms with E-state index in [1.807, 2.05) is 11.1 Å².